The Labute approximate surface area is 172 Å². The smallest absolute Gasteiger partial charge is 0.265 e. The summed E-state index contributed by atoms with van der Waals surface area (Å²) in [5.74, 6) is 0.978. The van der Waals surface area contributed by atoms with E-state index in [2.05, 4.69) is 30.5 Å². The van der Waals surface area contributed by atoms with Gasteiger partial charge < -0.3 is 15.4 Å². The topological polar surface area (TPSA) is 50.4 Å². The van der Waals surface area contributed by atoms with Crippen LogP contribution in [0.2, 0.25) is 0 Å². The highest BCUT2D eigenvalue weighted by atomic mass is 16.5. The highest BCUT2D eigenvalue weighted by molar-refractivity contribution is 5.94. The predicted molar refractivity (Wildman–Crippen MR) is 120 cm³/mol. The van der Waals surface area contributed by atoms with Crippen molar-refractivity contribution in [2.24, 2.45) is 0 Å². The molecule has 0 aliphatic rings. The second-order valence-corrected chi connectivity index (χ2v) is 7.16. The molecule has 0 radical (unpaired) electrons. The van der Waals surface area contributed by atoms with Gasteiger partial charge in [0.15, 0.2) is 6.10 Å². The molecule has 4 nitrogen and oxygen atoms in total. The molecule has 29 heavy (non-hydrogen) atoms. The predicted octanol–water partition coefficient (Wildman–Crippen LogP) is 6.35. The molecule has 150 valence electrons. The Kier molecular flexibility index (Phi) is 6.90. The lowest BCUT2D eigenvalue weighted by Crippen LogP contribution is -2.30. The standard InChI is InChI=1S/C25H28N2O2/c1-4-18(2)23-12-8-9-13-24(23)29-19(3)25(28)27-22-16-14-21(15-17-22)26-20-10-6-5-7-11-20/h5-19,26H,4H2,1-3H3,(H,27,28). The van der Waals surface area contributed by atoms with Crippen molar-refractivity contribution in [3.8, 4) is 5.75 Å². The average Bonchev–Trinajstić information content (AvgIpc) is 2.75. The van der Waals surface area contributed by atoms with E-state index in [4.69, 9.17) is 4.74 Å². The summed E-state index contributed by atoms with van der Waals surface area (Å²) in [6.45, 7) is 6.08. The van der Waals surface area contributed by atoms with E-state index >= 15 is 0 Å². The first-order valence-electron chi connectivity index (χ1n) is 10.1. The zero-order valence-corrected chi connectivity index (χ0v) is 17.2. The lowest BCUT2D eigenvalue weighted by Gasteiger charge is -2.19. The van der Waals surface area contributed by atoms with Gasteiger partial charge in [0, 0.05) is 17.1 Å². The minimum Gasteiger partial charge on any atom is -0.481 e. The normalized spacial score (nSPS) is 12.7. The third-order valence-corrected chi connectivity index (χ3v) is 4.95. The van der Waals surface area contributed by atoms with Crippen molar-refractivity contribution in [2.75, 3.05) is 10.6 Å². The molecule has 1 amide bonds. The summed E-state index contributed by atoms with van der Waals surface area (Å²) in [5, 5.41) is 6.25. The third kappa shape index (κ3) is 5.61. The maximum absolute atomic E-state index is 12.6. The lowest BCUT2D eigenvalue weighted by atomic mass is 9.98. The fourth-order valence-electron chi connectivity index (χ4n) is 3.03. The summed E-state index contributed by atoms with van der Waals surface area (Å²) in [6, 6.07) is 25.5. The number of carbonyl (C=O) groups excluding carboxylic acids is 1. The SMILES string of the molecule is CCC(C)c1ccccc1OC(C)C(=O)Nc1ccc(Nc2ccccc2)cc1. The van der Waals surface area contributed by atoms with Crippen molar-refractivity contribution in [2.45, 2.75) is 39.2 Å². The molecule has 0 aromatic heterocycles. The van der Waals surface area contributed by atoms with E-state index in [-0.39, 0.29) is 5.91 Å². The molecular weight excluding hydrogens is 360 g/mol. The van der Waals surface area contributed by atoms with Gasteiger partial charge in [0.25, 0.3) is 5.91 Å². The summed E-state index contributed by atoms with van der Waals surface area (Å²) < 4.78 is 5.98. The number of carbonyl (C=O) groups is 1. The number of hydrogen-bond acceptors (Lipinski definition) is 3. The molecule has 2 atom stereocenters. The van der Waals surface area contributed by atoms with Crippen molar-refractivity contribution in [1.82, 2.24) is 0 Å². The summed E-state index contributed by atoms with van der Waals surface area (Å²) in [4.78, 5) is 12.6. The zero-order chi connectivity index (χ0) is 20.6. The van der Waals surface area contributed by atoms with Crippen molar-refractivity contribution >= 4 is 23.0 Å². The average molecular weight is 389 g/mol. The molecule has 3 rings (SSSR count). The Hall–Kier alpha value is -3.27. The largest absolute Gasteiger partial charge is 0.481 e. The van der Waals surface area contributed by atoms with Crippen molar-refractivity contribution in [3.05, 3.63) is 84.4 Å². The monoisotopic (exact) mass is 388 g/mol. The Balaban J connectivity index is 1.60. The van der Waals surface area contributed by atoms with Gasteiger partial charge in [-0.15, -0.1) is 0 Å². The summed E-state index contributed by atoms with van der Waals surface area (Å²) in [6.07, 6.45) is 0.423. The van der Waals surface area contributed by atoms with Gasteiger partial charge in [-0.3, -0.25) is 4.79 Å². The van der Waals surface area contributed by atoms with E-state index in [1.54, 1.807) is 6.92 Å². The van der Waals surface area contributed by atoms with Crippen LogP contribution >= 0.6 is 0 Å². The van der Waals surface area contributed by atoms with Crippen molar-refractivity contribution in [1.29, 1.82) is 0 Å². The van der Waals surface area contributed by atoms with Crippen LogP contribution in [0, 0.1) is 0 Å². The highest BCUT2D eigenvalue weighted by Gasteiger charge is 2.18. The Morgan fingerprint density at radius 3 is 2.10 bits per heavy atom. The van der Waals surface area contributed by atoms with E-state index in [1.165, 1.54) is 0 Å². The minimum atomic E-state index is -0.595. The Morgan fingerprint density at radius 1 is 0.828 bits per heavy atom. The van der Waals surface area contributed by atoms with Crippen LogP contribution in [0.25, 0.3) is 0 Å². The van der Waals surface area contributed by atoms with Crippen LogP contribution < -0.4 is 15.4 Å². The minimum absolute atomic E-state index is 0.173. The highest BCUT2D eigenvalue weighted by Crippen LogP contribution is 2.29. The van der Waals surface area contributed by atoms with Gasteiger partial charge in [-0.05, 0) is 67.3 Å². The molecular formula is C25H28N2O2. The Morgan fingerprint density at radius 2 is 1.41 bits per heavy atom. The molecule has 3 aromatic rings. The van der Waals surface area contributed by atoms with Gasteiger partial charge in [0.2, 0.25) is 0 Å². The van der Waals surface area contributed by atoms with Crippen LogP contribution in [-0.4, -0.2) is 12.0 Å². The maximum Gasteiger partial charge on any atom is 0.265 e. The summed E-state index contributed by atoms with van der Waals surface area (Å²) >= 11 is 0. The van der Waals surface area contributed by atoms with Crippen LogP contribution in [0.4, 0.5) is 17.1 Å². The first kappa shape index (κ1) is 20.5. The van der Waals surface area contributed by atoms with Gasteiger partial charge >= 0.3 is 0 Å². The third-order valence-electron chi connectivity index (χ3n) is 4.95. The van der Waals surface area contributed by atoms with Gasteiger partial charge in [-0.2, -0.15) is 0 Å². The van der Waals surface area contributed by atoms with Gasteiger partial charge in [-0.25, -0.2) is 0 Å². The lowest BCUT2D eigenvalue weighted by molar-refractivity contribution is -0.122. The molecule has 0 heterocycles. The van der Waals surface area contributed by atoms with E-state index in [0.717, 1.165) is 34.8 Å². The first-order chi connectivity index (χ1) is 14.1. The van der Waals surface area contributed by atoms with E-state index in [0.29, 0.717) is 5.92 Å². The molecule has 0 fully saturated rings. The Bertz CT molecular complexity index is 923. The van der Waals surface area contributed by atoms with E-state index in [9.17, 15) is 4.79 Å². The number of hydrogen-bond donors (Lipinski definition) is 2. The molecule has 0 bridgehead atoms. The molecule has 0 spiro atoms. The van der Waals surface area contributed by atoms with Gasteiger partial charge in [0.05, 0.1) is 0 Å². The fraction of sp³-hybridized carbons (Fsp3) is 0.240. The van der Waals surface area contributed by atoms with E-state index < -0.39 is 6.10 Å². The molecule has 0 aliphatic carbocycles. The van der Waals surface area contributed by atoms with Gasteiger partial charge in [0.1, 0.15) is 5.75 Å². The van der Waals surface area contributed by atoms with Crippen molar-refractivity contribution < 1.29 is 9.53 Å². The van der Waals surface area contributed by atoms with Crippen LogP contribution in [0.3, 0.4) is 0 Å². The number of benzene rings is 3. The number of para-hydroxylation sites is 2. The quantitative estimate of drug-likeness (QED) is 0.473. The first-order valence-corrected chi connectivity index (χ1v) is 10.1. The van der Waals surface area contributed by atoms with Crippen LogP contribution in [0.1, 0.15) is 38.7 Å². The molecule has 2 N–H and O–H groups in total. The second-order valence-electron chi connectivity index (χ2n) is 7.16. The molecule has 2 unspecified atom stereocenters. The number of amides is 1. The molecule has 0 saturated heterocycles. The van der Waals surface area contributed by atoms with Crippen LogP contribution in [-0.2, 0) is 4.79 Å². The van der Waals surface area contributed by atoms with Crippen LogP contribution in [0.15, 0.2) is 78.9 Å². The fourth-order valence-corrected chi connectivity index (χ4v) is 3.03. The van der Waals surface area contributed by atoms with Crippen LogP contribution in [0.5, 0.6) is 5.75 Å². The molecule has 0 aliphatic heterocycles. The molecule has 0 saturated carbocycles. The molecule has 3 aromatic carbocycles. The summed E-state index contributed by atoms with van der Waals surface area (Å²) in [5.41, 5.74) is 3.84. The number of nitrogens with one attached hydrogen (secondary N) is 2. The zero-order valence-electron chi connectivity index (χ0n) is 17.2. The van der Waals surface area contributed by atoms with Crippen molar-refractivity contribution in [3.63, 3.8) is 0 Å². The maximum atomic E-state index is 12.6. The number of anilines is 3. The number of rotatable bonds is 8. The summed E-state index contributed by atoms with van der Waals surface area (Å²) in [7, 11) is 0. The number of ether oxygens (including phenoxy) is 1. The second kappa shape index (κ2) is 9.78. The van der Waals surface area contributed by atoms with Gasteiger partial charge in [-0.1, -0.05) is 50.2 Å². The van der Waals surface area contributed by atoms with E-state index in [1.807, 2.05) is 72.8 Å². The molecule has 4 heteroatoms.